The number of unbranched alkanes of at least 4 members (excludes halogenated alkanes) is 1. The zero-order valence-electron chi connectivity index (χ0n) is 17.2. The Balaban J connectivity index is 4.92. The number of carbonyl (C=O) groups is 1. The predicted molar refractivity (Wildman–Crippen MR) is 105 cm³/mol. The molecule has 0 aliphatic heterocycles. The molecule has 0 spiro atoms. The molecule has 0 unspecified atom stereocenters. The summed E-state index contributed by atoms with van der Waals surface area (Å²) in [6.45, 7) is 23.3. The molecule has 1 atom stereocenters. The van der Waals surface area contributed by atoms with Crippen molar-refractivity contribution in [3.8, 4) is 0 Å². The Bertz CT molecular complexity index is 365. The summed E-state index contributed by atoms with van der Waals surface area (Å²) in [5.41, 5.74) is 0. The SMILES string of the molecule is CC(C)(C)[Si](C)(C)OC[C@H](CCCC=O)O[Si](C)(C)C(C)(C)C. The first-order valence-corrected chi connectivity index (χ1v) is 14.7. The van der Waals surface area contributed by atoms with E-state index in [0.29, 0.717) is 13.0 Å². The maximum Gasteiger partial charge on any atom is 0.192 e. The van der Waals surface area contributed by atoms with Gasteiger partial charge >= 0.3 is 0 Å². The number of rotatable bonds is 9. The van der Waals surface area contributed by atoms with E-state index in [-0.39, 0.29) is 16.2 Å². The molecule has 23 heavy (non-hydrogen) atoms. The van der Waals surface area contributed by atoms with E-state index in [2.05, 4.69) is 67.7 Å². The lowest BCUT2D eigenvalue weighted by Gasteiger charge is -2.41. The molecule has 0 aromatic heterocycles. The average Bonchev–Trinajstić information content (AvgIpc) is 2.33. The Kier molecular flexibility index (Phi) is 8.42. The van der Waals surface area contributed by atoms with E-state index in [1.807, 2.05) is 0 Å². The summed E-state index contributed by atoms with van der Waals surface area (Å²) in [5, 5.41) is 0.393. The van der Waals surface area contributed by atoms with Crippen LogP contribution in [0.15, 0.2) is 0 Å². The van der Waals surface area contributed by atoms with Crippen LogP contribution in [-0.2, 0) is 13.6 Å². The topological polar surface area (TPSA) is 35.5 Å². The molecule has 0 aromatic rings. The van der Waals surface area contributed by atoms with Crippen molar-refractivity contribution in [2.75, 3.05) is 6.61 Å². The minimum absolute atomic E-state index is 0.102. The number of aldehydes is 1. The summed E-state index contributed by atoms with van der Waals surface area (Å²) in [6, 6.07) is 0. The van der Waals surface area contributed by atoms with E-state index in [0.717, 1.165) is 19.1 Å². The van der Waals surface area contributed by atoms with E-state index in [4.69, 9.17) is 8.85 Å². The third kappa shape index (κ3) is 7.63. The van der Waals surface area contributed by atoms with Gasteiger partial charge in [0.05, 0.1) is 12.7 Å². The van der Waals surface area contributed by atoms with Crippen LogP contribution in [0.2, 0.25) is 36.3 Å². The third-order valence-corrected chi connectivity index (χ3v) is 14.6. The van der Waals surface area contributed by atoms with Gasteiger partial charge in [0.1, 0.15) is 6.29 Å². The molecule has 0 saturated carbocycles. The Morgan fingerprint density at radius 2 is 1.39 bits per heavy atom. The molecule has 0 aliphatic rings. The summed E-state index contributed by atoms with van der Waals surface area (Å²) in [5.74, 6) is 0. The minimum Gasteiger partial charge on any atom is -0.414 e. The standard InChI is InChI=1S/C18H40O3Si2/c1-17(2,3)22(7,8)20-15-16(13-11-12-14-19)21-23(9,10)18(4,5)6/h14,16H,11-13,15H2,1-10H3/t16-/m0/s1. The molecule has 0 N–H and O–H groups in total. The number of hydrogen-bond acceptors (Lipinski definition) is 3. The predicted octanol–water partition coefficient (Wildman–Crippen LogP) is 5.77. The molecular formula is C18H40O3Si2. The van der Waals surface area contributed by atoms with Gasteiger partial charge in [-0.2, -0.15) is 0 Å². The first-order chi connectivity index (χ1) is 10.1. The van der Waals surface area contributed by atoms with Crippen LogP contribution in [0.25, 0.3) is 0 Å². The third-order valence-electron chi connectivity index (χ3n) is 5.55. The molecule has 5 heteroatoms. The van der Waals surface area contributed by atoms with Crippen molar-refractivity contribution < 1.29 is 13.6 Å². The van der Waals surface area contributed by atoms with Crippen LogP contribution >= 0.6 is 0 Å². The molecule has 0 aliphatic carbocycles. The summed E-state index contributed by atoms with van der Waals surface area (Å²) in [6.07, 6.45) is 3.49. The molecule has 0 amide bonds. The van der Waals surface area contributed by atoms with Crippen LogP contribution in [0.1, 0.15) is 60.8 Å². The van der Waals surface area contributed by atoms with Gasteiger partial charge in [-0.3, -0.25) is 0 Å². The van der Waals surface area contributed by atoms with Gasteiger partial charge in [-0.15, -0.1) is 0 Å². The molecule has 0 bridgehead atoms. The molecule has 0 heterocycles. The van der Waals surface area contributed by atoms with Crippen molar-refractivity contribution >= 4 is 22.9 Å². The molecule has 0 aromatic carbocycles. The van der Waals surface area contributed by atoms with E-state index in [9.17, 15) is 4.79 Å². The average molecular weight is 361 g/mol. The molecule has 0 fully saturated rings. The van der Waals surface area contributed by atoms with E-state index >= 15 is 0 Å². The number of hydrogen-bond donors (Lipinski definition) is 0. The van der Waals surface area contributed by atoms with E-state index in [1.165, 1.54) is 0 Å². The molecule has 0 saturated heterocycles. The molecule has 0 rings (SSSR count). The van der Waals surface area contributed by atoms with Crippen LogP contribution in [-0.4, -0.2) is 35.6 Å². The highest BCUT2D eigenvalue weighted by atomic mass is 28.4. The van der Waals surface area contributed by atoms with Crippen molar-refractivity contribution in [1.82, 2.24) is 0 Å². The van der Waals surface area contributed by atoms with Crippen molar-refractivity contribution in [2.24, 2.45) is 0 Å². The van der Waals surface area contributed by atoms with Gasteiger partial charge in [-0.25, -0.2) is 0 Å². The van der Waals surface area contributed by atoms with Crippen LogP contribution in [0.3, 0.4) is 0 Å². The second kappa shape index (κ2) is 8.41. The Morgan fingerprint density at radius 1 is 0.913 bits per heavy atom. The summed E-state index contributed by atoms with van der Waals surface area (Å²) < 4.78 is 13.0. The van der Waals surface area contributed by atoms with Crippen LogP contribution in [0.4, 0.5) is 0 Å². The quantitative estimate of drug-likeness (QED) is 0.297. The van der Waals surface area contributed by atoms with Gasteiger partial charge < -0.3 is 13.6 Å². The molecular weight excluding hydrogens is 320 g/mol. The molecule has 0 radical (unpaired) electrons. The Hall–Kier alpha value is 0.0238. The first-order valence-electron chi connectivity index (χ1n) is 8.89. The maximum absolute atomic E-state index is 10.6. The van der Waals surface area contributed by atoms with Gasteiger partial charge in [-0.1, -0.05) is 41.5 Å². The summed E-state index contributed by atoms with van der Waals surface area (Å²) in [4.78, 5) is 10.6. The van der Waals surface area contributed by atoms with Gasteiger partial charge in [0.2, 0.25) is 0 Å². The zero-order chi connectivity index (χ0) is 18.5. The summed E-state index contributed by atoms with van der Waals surface area (Å²) in [7, 11) is -3.59. The smallest absolute Gasteiger partial charge is 0.192 e. The lowest BCUT2D eigenvalue weighted by Crippen LogP contribution is -2.47. The summed E-state index contributed by atoms with van der Waals surface area (Å²) >= 11 is 0. The Labute approximate surface area is 146 Å². The van der Waals surface area contributed by atoms with Crippen molar-refractivity contribution in [3.63, 3.8) is 0 Å². The van der Waals surface area contributed by atoms with Gasteiger partial charge in [-0.05, 0) is 49.1 Å². The maximum atomic E-state index is 10.6. The zero-order valence-corrected chi connectivity index (χ0v) is 19.2. The monoisotopic (exact) mass is 360 g/mol. The second-order valence-corrected chi connectivity index (χ2v) is 19.2. The fourth-order valence-corrected chi connectivity index (χ4v) is 4.12. The fraction of sp³-hybridized carbons (Fsp3) is 0.944. The molecule has 138 valence electrons. The minimum atomic E-state index is -1.82. The van der Waals surface area contributed by atoms with E-state index < -0.39 is 16.6 Å². The number of carbonyl (C=O) groups excluding carboxylic acids is 1. The second-order valence-electron chi connectivity index (χ2n) is 9.67. The van der Waals surface area contributed by atoms with Gasteiger partial charge in [0.15, 0.2) is 16.6 Å². The van der Waals surface area contributed by atoms with Crippen LogP contribution in [0.5, 0.6) is 0 Å². The Morgan fingerprint density at radius 3 is 1.78 bits per heavy atom. The highest BCUT2D eigenvalue weighted by Crippen LogP contribution is 2.39. The van der Waals surface area contributed by atoms with Crippen molar-refractivity contribution in [3.05, 3.63) is 0 Å². The normalized spacial score (nSPS) is 15.6. The highest BCUT2D eigenvalue weighted by Gasteiger charge is 2.41. The van der Waals surface area contributed by atoms with Gasteiger partial charge in [0, 0.05) is 6.42 Å². The molecule has 3 nitrogen and oxygen atoms in total. The lowest BCUT2D eigenvalue weighted by molar-refractivity contribution is -0.108. The fourth-order valence-electron chi connectivity index (χ4n) is 1.72. The lowest BCUT2D eigenvalue weighted by atomic mass is 10.2. The van der Waals surface area contributed by atoms with Crippen LogP contribution in [0, 0.1) is 0 Å². The van der Waals surface area contributed by atoms with Crippen molar-refractivity contribution in [2.45, 2.75) is 103 Å². The van der Waals surface area contributed by atoms with Gasteiger partial charge in [0.25, 0.3) is 0 Å². The first kappa shape index (κ1) is 23.0. The largest absolute Gasteiger partial charge is 0.414 e. The van der Waals surface area contributed by atoms with Crippen molar-refractivity contribution in [1.29, 1.82) is 0 Å². The van der Waals surface area contributed by atoms with E-state index in [1.54, 1.807) is 0 Å². The van der Waals surface area contributed by atoms with Crippen LogP contribution < -0.4 is 0 Å². The highest BCUT2D eigenvalue weighted by molar-refractivity contribution is 6.74.